The highest BCUT2D eigenvalue weighted by atomic mass is 16.5. The summed E-state index contributed by atoms with van der Waals surface area (Å²) >= 11 is 0. The fourth-order valence-corrected chi connectivity index (χ4v) is 2.41. The summed E-state index contributed by atoms with van der Waals surface area (Å²) < 4.78 is 5.26. The number of ether oxygens (including phenoxy) is 1. The van der Waals surface area contributed by atoms with Gasteiger partial charge in [0.25, 0.3) is 0 Å². The van der Waals surface area contributed by atoms with Crippen molar-refractivity contribution in [1.29, 1.82) is 0 Å². The Morgan fingerprint density at radius 2 is 1.95 bits per heavy atom. The predicted octanol–water partition coefficient (Wildman–Crippen LogP) is -0.966. The number of urea groups is 1. The minimum Gasteiger partial charge on any atom is -0.481 e. The number of carbonyl (C=O) groups excluding carboxylic acids is 1. The first-order chi connectivity index (χ1) is 9.56. The van der Waals surface area contributed by atoms with Crippen LogP contribution >= 0.6 is 0 Å². The van der Waals surface area contributed by atoms with Gasteiger partial charge in [0.1, 0.15) is 0 Å². The molecular formula is C12H22N4O4. The molecule has 0 aromatic carbocycles. The zero-order valence-electron chi connectivity index (χ0n) is 11.7. The van der Waals surface area contributed by atoms with Crippen LogP contribution in [-0.2, 0) is 9.53 Å². The number of rotatable bonds is 3. The number of piperazine rings is 1. The number of hydrogen-bond donors (Lipinski definition) is 2. The maximum absolute atomic E-state index is 12.3. The van der Waals surface area contributed by atoms with E-state index in [4.69, 9.17) is 9.84 Å². The van der Waals surface area contributed by atoms with E-state index in [0.717, 1.165) is 26.2 Å². The third-order valence-corrected chi connectivity index (χ3v) is 3.66. The van der Waals surface area contributed by atoms with Gasteiger partial charge in [-0.3, -0.25) is 10.2 Å². The number of carbonyl (C=O) groups is 2. The number of hydrogen-bond acceptors (Lipinski definition) is 5. The first-order valence-electron chi connectivity index (χ1n) is 6.86. The normalized spacial score (nSPS) is 25.4. The Balaban J connectivity index is 1.87. The predicted molar refractivity (Wildman–Crippen MR) is 71.2 cm³/mol. The summed E-state index contributed by atoms with van der Waals surface area (Å²) in [5, 5.41) is 10.8. The number of hydrazine groups is 1. The van der Waals surface area contributed by atoms with Gasteiger partial charge >= 0.3 is 12.0 Å². The Labute approximate surface area is 118 Å². The number of likely N-dealkylation sites (N-methyl/N-ethyl adjacent to an activating group) is 1. The zero-order chi connectivity index (χ0) is 14.5. The molecule has 114 valence electrons. The zero-order valence-corrected chi connectivity index (χ0v) is 11.7. The summed E-state index contributed by atoms with van der Waals surface area (Å²) in [4.78, 5) is 26.8. The third kappa shape index (κ3) is 4.06. The average Bonchev–Trinajstić information content (AvgIpc) is 2.41. The number of nitrogens with zero attached hydrogens (tertiary/aromatic N) is 3. The van der Waals surface area contributed by atoms with E-state index >= 15 is 0 Å². The van der Waals surface area contributed by atoms with Crippen LogP contribution in [0.4, 0.5) is 4.79 Å². The van der Waals surface area contributed by atoms with E-state index in [0.29, 0.717) is 13.2 Å². The van der Waals surface area contributed by atoms with E-state index in [1.54, 1.807) is 4.90 Å². The molecule has 1 unspecified atom stereocenters. The molecule has 8 heteroatoms. The van der Waals surface area contributed by atoms with Gasteiger partial charge in [-0.2, -0.15) is 0 Å². The molecule has 0 aliphatic carbocycles. The summed E-state index contributed by atoms with van der Waals surface area (Å²) in [5.41, 5.74) is 2.86. The van der Waals surface area contributed by atoms with Crippen molar-refractivity contribution < 1.29 is 19.4 Å². The average molecular weight is 286 g/mol. The van der Waals surface area contributed by atoms with E-state index in [-0.39, 0.29) is 19.1 Å². The lowest BCUT2D eigenvalue weighted by atomic mass is 10.1. The molecular weight excluding hydrogens is 264 g/mol. The van der Waals surface area contributed by atoms with Crippen LogP contribution in [0.25, 0.3) is 0 Å². The molecule has 2 amide bonds. The molecule has 20 heavy (non-hydrogen) atoms. The van der Waals surface area contributed by atoms with E-state index in [1.807, 2.05) is 12.1 Å². The molecule has 2 saturated heterocycles. The maximum Gasteiger partial charge on any atom is 0.332 e. The Morgan fingerprint density at radius 1 is 1.25 bits per heavy atom. The number of carboxylic acid groups (broad SMARTS) is 1. The van der Waals surface area contributed by atoms with Gasteiger partial charge in [0, 0.05) is 32.7 Å². The number of aliphatic carboxylic acids is 1. The number of nitrogens with one attached hydrogen (secondary N) is 1. The Hall–Kier alpha value is -1.38. The van der Waals surface area contributed by atoms with Crippen LogP contribution < -0.4 is 5.43 Å². The lowest BCUT2D eigenvalue weighted by Gasteiger charge is -2.38. The maximum atomic E-state index is 12.3. The highest BCUT2D eigenvalue weighted by Gasteiger charge is 2.30. The van der Waals surface area contributed by atoms with Gasteiger partial charge in [-0.05, 0) is 7.05 Å². The van der Waals surface area contributed by atoms with Crippen molar-refractivity contribution in [3.63, 3.8) is 0 Å². The molecule has 0 bridgehead atoms. The molecule has 0 aromatic heterocycles. The summed E-state index contributed by atoms with van der Waals surface area (Å²) in [6, 6.07) is -0.627. The lowest BCUT2D eigenvalue weighted by Crippen LogP contribution is -2.59. The molecule has 2 heterocycles. The minimum atomic E-state index is -0.919. The van der Waals surface area contributed by atoms with Crippen LogP contribution in [0.5, 0.6) is 0 Å². The largest absolute Gasteiger partial charge is 0.481 e. The van der Waals surface area contributed by atoms with E-state index < -0.39 is 12.0 Å². The van der Waals surface area contributed by atoms with Crippen molar-refractivity contribution in [3.05, 3.63) is 0 Å². The highest BCUT2D eigenvalue weighted by Crippen LogP contribution is 2.11. The SMILES string of the molecule is CN1CCN(NC(=O)N2CCOCC2CC(=O)O)CC1. The Morgan fingerprint density at radius 3 is 2.60 bits per heavy atom. The topological polar surface area (TPSA) is 85.4 Å². The van der Waals surface area contributed by atoms with Crippen molar-refractivity contribution in [3.8, 4) is 0 Å². The van der Waals surface area contributed by atoms with Crippen LogP contribution in [0.15, 0.2) is 0 Å². The fraction of sp³-hybridized carbons (Fsp3) is 0.833. The van der Waals surface area contributed by atoms with Crippen LogP contribution in [0.2, 0.25) is 0 Å². The quantitative estimate of drug-likeness (QED) is 0.694. The third-order valence-electron chi connectivity index (χ3n) is 3.66. The van der Waals surface area contributed by atoms with Crippen molar-refractivity contribution >= 4 is 12.0 Å². The van der Waals surface area contributed by atoms with Crippen LogP contribution in [0.1, 0.15) is 6.42 Å². The van der Waals surface area contributed by atoms with Crippen LogP contribution in [0.3, 0.4) is 0 Å². The van der Waals surface area contributed by atoms with Gasteiger partial charge in [0.2, 0.25) is 0 Å². The summed E-state index contributed by atoms with van der Waals surface area (Å²) in [6.45, 7) is 4.52. The number of carboxylic acids is 1. The van der Waals surface area contributed by atoms with E-state index in [1.165, 1.54) is 0 Å². The first-order valence-corrected chi connectivity index (χ1v) is 6.86. The van der Waals surface area contributed by atoms with Gasteiger partial charge in [-0.25, -0.2) is 9.80 Å². The van der Waals surface area contributed by atoms with Crippen molar-refractivity contribution in [2.45, 2.75) is 12.5 Å². The monoisotopic (exact) mass is 286 g/mol. The molecule has 0 radical (unpaired) electrons. The van der Waals surface area contributed by atoms with Gasteiger partial charge in [-0.15, -0.1) is 0 Å². The molecule has 0 aromatic rings. The smallest absolute Gasteiger partial charge is 0.332 e. The second kappa shape index (κ2) is 6.87. The van der Waals surface area contributed by atoms with Crippen molar-refractivity contribution in [2.24, 2.45) is 0 Å². The summed E-state index contributed by atoms with van der Waals surface area (Å²) in [7, 11) is 2.05. The molecule has 2 rings (SSSR count). The minimum absolute atomic E-state index is 0.0871. The number of amides is 2. The van der Waals surface area contributed by atoms with Crippen LogP contribution in [-0.4, -0.2) is 90.9 Å². The molecule has 0 saturated carbocycles. The first kappa shape index (κ1) is 15.0. The Kier molecular flexibility index (Phi) is 5.16. The van der Waals surface area contributed by atoms with Crippen LogP contribution in [0, 0.1) is 0 Å². The number of morpholine rings is 1. The van der Waals surface area contributed by atoms with Gasteiger partial charge in [-0.1, -0.05) is 0 Å². The molecule has 2 fully saturated rings. The van der Waals surface area contributed by atoms with Crippen molar-refractivity contribution in [1.82, 2.24) is 20.2 Å². The van der Waals surface area contributed by atoms with Gasteiger partial charge < -0.3 is 19.6 Å². The molecule has 2 aliphatic heterocycles. The van der Waals surface area contributed by atoms with E-state index in [9.17, 15) is 9.59 Å². The fourth-order valence-electron chi connectivity index (χ4n) is 2.41. The lowest BCUT2D eigenvalue weighted by molar-refractivity contribution is -0.139. The molecule has 8 nitrogen and oxygen atoms in total. The summed E-state index contributed by atoms with van der Waals surface area (Å²) in [6.07, 6.45) is -0.0871. The Bertz CT molecular complexity index is 357. The molecule has 2 N–H and O–H groups in total. The second-order valence-electron chi connectivity index (χ2n) is 5.23. The summed E-state index contributed by atoms with van der Waals surface area (Å²) in [5.74, 6) is -0.919. The van der Waals surface area contributed by atoms with Gasteiger partial charge in [0.15, 0.2) is 0 Å². The standard InChI is InChI=1S/C12H22N4O4/c1-14-2-4-15(5-3-14)13-12(19)16-6-7-20-9-10(16)8-11(17)18/h10H,2-9H2,1H3,(H,13,19)(H,17,18). The molecule has 2 aliphatic rings. The van der Waals surface area contributed by atoms with E-state index in [2.05, 4.69) is 10.3 Å². The van der Waals surface area contributed by atoms with Crippen molar-refractivity contribution in [2.75, 3.05) is 53.0 Å². The highest BCUT2D eigenvalue weighted by molar-refractivity contribution is 5.75. The molecule has 0 spiro atoms. The molecule has 1 atom stereocenters. The second-order valence-corrected chi connectivity index (χ2v) is 5.23. The van der Waals surface area contributed by atoms with Gasteiger partial charge in [0.05, 0.1) is 25.7 Å².